The summed E-state index contributed by atoms with van der Waals surface area (Å²) in [5.74, 6) is 1.39. The number of rotatable bonds is 7. The van der Waals surface area contributed by atoms with Gasteiger partial charge in [-0.3, -0.25) is 14.5 Å². The van der Waals surface area contributed by atoms with Crippen LogP contribution >= 0.6 is 0 Å². The van der Waals surface area contributed by atoms with E-state index in [-0.39, 0.29) is 24.5 Å². The molecular weight excluding hydrogens is 434 g/mol. The highest BCUT2D eigenvalue weighted by atomic mass is 16.5. The van der Waals surface area contributed by atoms with Crippen molar-refractivity contribution < 1.29 is 23.8 Å². The standard InChI is InChI=1S/C26H33N3O5/c1-32-23-10-5-7-21(17-23)26(31)28-12-6-11-27(13-14-28)18-24-19-29(15-16-33-24)25(30)20-34-22-8-3-2-4-9-22/h2-5,7-10,17,24H,6,11-16,18-20H2,1H3. The van der Waals surface area contributed by atoms with Gasteiger partial charge in [-0.05, 0) is 43.3 Å². The molecule has 2 heterocycles. The van der Waals surface area contributed by atoms with Crippen LogP contribution < -0.4 is 9.47 Å². The first-order valence-electron chi connectivity index (χ1n) is 11.9. The number of benzene rings is 2. The highest BCUT2D eigenvalue weighted by Crippen LogP contribution is 2.17. The SMILES string of the molecule is COc1cccc(C(=O)N2CCCN(CC3CN(C(=O)COc4ccccc4)CCO3)CC2)c1. The number of amides is 2. The fraction of sp³-hybridized carbons (Fsp3) is 0.462. The molecule has 2 aromatic rings. The quantitative estimate of drug-likeness (QED) is 0.622. The molecule has 1 unspecified atom stereocenters. The summed E-state index contributed by atoms with van der Waals surface area (Å²) in [6.07, 6.45) is 0.853. The van der Waals surface area contributed by atoms with E-state index in [1.54, 1.807) is 13.2 Å². The fourth-order valence-electron chi connectivity index (χ4n) is 4.39. The summed E-state index contributed by atoms with van der Waals surface area (Å²) in [6, 6.07) is 16.7. The van der Waals surface area contributed by atoms with E-state index in [0.717, 1.165) is 32.6 Å². The number of hydrogen-bond acceptors (Lipinski definition) is 6. The Morgan fingerprint density at radius 3 is 2.59 bits per heavy atom. The molecule has 2 aromatic carbocycles. The first kappa shape index (κ1) is 24.0. The number of carbonyl (C=O) groups is 2. The third kappa shape index (κ3) is 6.48. The van der Waals surface area contributed by atoms with Crippen LogP contribution in [0.3, 0.4) is 0 Å². The molecule has 2 amide bonds. The van der Waals surface area contributed by atoms with E-state index in [0.29, 0.717) is 43.3 Å². The Morgan fingerprint density at radius 2 is 1.76 bits per heavy atom. The second kappa shape index (κ2) is 11.9. The summed E-state index contributed by atoms with van der Waals surface area (Å²) in [5.41, 5.74) is 0.648. The largest absolute Gasteiger partial charge is 0.497 e. The highest BCUT2D eigenvalue weighted by Gasteiger charge is 2.28. The maximum Gasteiger partial charge on any atom is 0.260 e. The zero-order chi connectivity index (χ0) is 23.8. The molecule has 0 radical (unpaired) electrons. The lowest BCUT2D eigenvalue weighted by Gasteiger charge is -2.35. The Kier molecular flexibility index (Phi) is 8.38. The Morgan fingerprint density at radius 1 is 0.941 bits per heavy atom. The van der Waals surface area contributed by atoms with E-state index in [1.807, 2.05) is 58.3 Å². The normalized spacial score (nSPS) is 19.4. The second-order valence-corrected chi connectivity index (χ2v) is 8.61. The lowest BCUT2D eigenvalue weighted by atomic mass is 10.2. The minimum Gasteiger partial charge on any atom is -0.497 e. The summed E-state index contributed by atoms with van der Waals surface area (Å²) in [7, 11) is 1.60. The average molecular weight is 468 g/mol. The molecule has 0 saturated carbocycles. The van der Waals surface area contributed by atoms with Crippen LogP contribution in [-0.2, 0) is 9.53 Å². The number of para-hydroxylation sites is 1. The van der Waals surface area contributed by atoms with Gasteiger partial charge < -0.3 is 24.0 Å². The number of hydrogen-bond donors (Lipinski definition) is 0. The summed E-state index contributed by atoms with van der Waals surface area (Å²) < 4.78 is 16.8. The van der Waals surface area contributed by atoms with Gasteiger partial charge in [0.15, 0.2) is 6.61 Å². The molecule has 0 bridgehead atoms. The molecule has 8 nitrogen and oxygen atoms in total. The van der Waals surface area contributed by atoms with E-state index < -0.39 is 0 Å². The molecule has 1 atom stereocenters. The monoisotopic (exact) mass is 467 g/mol. The van der Waals surface area contributed by atoms with Crippen LogP contribution in [0.15, 0.2) is 54.6 Å². The molecule has 2 aliphatic heterocycles. The zero-order valence-electron chi connectivity index (χ0n) is 19.7. The molecule has 2 saturated heterocycles. The lowest BCUT2D eigenvalue weighted by molar-refractivity contribution is -0.141. The number of carbonyl (C=O) groups excluding carboxylic acids is 2. The van der Waals surface area contributed by atoms with Crippen molar-refractivity contribution in [2.45, 2.75) is 12.5 Å². The lowest BCUT2D eigenvalue weighted by Crippen LogP contribution is -2.51. The van der Waals surface area contributed by atoms with Crippen LogP contribution in [-0.4, -0.2) is 98.8 Å². The van der Waals surface area contributed by atoms with Crippen LogP contribution in [0.25, 0.3) is 0 Å². The predicted molar refractivity (Wildman–Crippen MR) is 128 cm³/mol. The summed E-state index contributed by atoms with van der Waals surface area (Å²) >= 11 is 0. The van der Waals surface area contributed by atoms with Gasteiger partial charge in [-0.2, -0.15) is 0 Å². The van der Waals surface area contributed by atoms with E-state index in [9.17, 15) is 9.59 Å². The fourth-order valence-corrected chi connectivity index (χ4v) is 4.39. The molecule has 4 rings (SSSR count). The topological polar surface area (TPSA) is 71.6 Å². The van der Waals surface area contributed by atoms with Crippen LogP contribution in [0.2, 0.25) is 0 Å². The van der Waals surface area contributed by atoms with E-state index in [2.05, 4.69) is 4.90 Å². The van der Waals surface area contributed by atoms with Crippen molar-refractivity contribution in [2.75, 3.05) is 66.1 Å². The Labute approximate surface area is 201 Å². The Hall–Kier alpha value is -3.10. The van der Waals surface area contributed by atoms with E-state index in [4.69, 9.17) is 14.2 Å². The first-order chi connectivity index (χ1) is 16.6. The maximum absolute atomic E-state index is 13.0. The van der Waals surface area contributed by atoms with Crippen molar-refractivity contribution in [1.29, 1.82) is 0 Å². The van der Waals surface area contributed by atoms with Gasteiger partial charge in [0.05, 0.1) is 19.8 Å². The molecule has 0 spiro atoms. The van der Waals surface area contributed by atoms with Crippen LogP contribution in [0, 0.1) is 0 Å². The summed E-state index contributed by atoms with van der Waals surface area (Å²) in [5, 5.41) is 0. The van der Waals surface area contributed by atoms with E-state index >= 15 is 0 Å². The van der Waals surface area contributed by atoms with Gasteiger partial charge in [0.2, 0.25) is 0 Å². The minimum absolute atomic E-state index is 0.0249. The Balaban J connectivity index is 1.25. The number of methoxy groups -OCH3 is 1. The highest BCUT2D eigenvalue weighted by molar-refractivity contribution is 5.94. The smallest absolute Gasteiger partial charge is 0.260 e. The van der Waals surface area contributed by atoms with Gasteiger partial charge in [0.1, 0.15) is 11.5 Å². The first-order valence-corrected chi connectivity index (χ1v) is 11.9. The summed E-state index contributed by atoms with van der Waals surface area (Å²) in [4.78, 5) is 31.7. The molecule has 8 heteroatoms. The van der Waals surface area contributed by atoms with Crippen molar-refractivity contribution in [3.05, 3.63) is 60.2 Å². The maximum atomic E-state index is 13.0. The van der Waals surface area contributed by atoms with Crippen LogP contribution in [0.4, 0.5) is 0 Å². The second-order valence-electron chi connectivity index (χ2n) is 8.61. The molecule has 34 heavy (non-hydrogen) atoms. The molecule has 0 N–H and O–H groups in total. The third-order valence-corrected chi connectivity index (χ3v) is 6.25. The van der Waals surface area contributed by atoms with Crippen molar-refractivity contribution in [3.8, 4) is 11.5 Å². The molecule has 0 aromatic heterocycles. The summed E-state index contributed by atoms with van der Waals surface area (Å²) in [6.45, 7) is 5.49. The zero-order valence-corrected chi connectivity index (χ0v) is 19.7. The van der Waals surface area contributed by atoms with Crippen molar-refractivity contribution in [3.63, 3.8) is 0 Å². The van der Waals surface area contributed by atoms with Crippen LogP contribution in [0.1, 0.15) is 16.8 Å². The van der Waals surface area contributed by atoms with Crippen molar-refractivity contribution in [2.24, 2.45) is 0 Å². The van der Waals surface area contributed by atoms with Gasteiger partial charge in [-0.15, -0.1) is 0 Å². The molecular formula is C26H33N3O5. The van der Waals surface area contributed by atoms with Crippen molar-refractivity contribution >= 4 is 11.8 Å². The Bertz CT molecular complexity index is 954. The van der Waals surface area contributed by atoms with Crippen LogP contribution in [0.5, 0.6) is 11.5 Å². The molecule has 182 valence electrons. The molecule has 2 fully saturated rings. The molecule has 0 aliphatic carbocycles. The average Bonchev–Trinajstić information content (AvgIpc) is 3.13. The molecule has 2 aliphatic rings. The van der Waals surface area contributed by atoms with Gasteiger partial charge in [0, 0.05) is 44.8 Å². The number of ether oxygens (including phenoxy) is 3. The van der Waals surface area contributed by atoms with E-state index in [1.165, 1.54) is 0 Å². The van der Waals surface area contributed by atoms with Gasteiger partial charge >= 0.3 is 0 Å². The van der Waals surface area contributed by atoms with Gasteiger partial charge in [-0.1, -0.05) is 24.3 Å². The number of morpholine rings is 1. The predicted octanol–water partition coefficient (Wildman–Crippen LogP) is 2.15. The van der Waals surface area contributed by atoms with Gasteiger partial charge in [-0.25, -0.2) is 0 Å². The minimum atomic E-state index is -0.0462. The third-order valence-electron chi connectivity index (χ3n) is 6.25. The number of nitrogens with zero attached hydrogens (tertiary/aromatic N) is 3. The van der Waals surface area contributed by atoms with Gasteiger partial charge in [0.25, 0.3) is 11.8 Å². The van der Waals surface area contributed by atoms with Crippen molar-refractivity contribution in [1.82, 2.24) is 14.7 Å².